The predicted octanol–water partition coefficient (Wildman–Crippen LogP) is 2.93. The number of carbonyl (C=O) groups is 1. The van der Waals surface area contributed by atoms with Crippen molar-refractivity contribution in [3.05, 3.63) is 29.8 Å². The third-order valence-corrected chi connectivity index (χ3v) is 4.40. The van der Waals surface area contributed by atoms with Crippen molar-refractivity contribution in [2.75, 3.05) is 13.1 Å². The molecule has 1 N–H and O–H groups in total. The molecule has 128 valence electrons. The molecule has 1 atom stereocenters. The molecule has 0 radical (unpaired) electrons. The molecule has 1 fully saturated rings. The lowest BCUT2D eigenvalue weighted by Gasteiger charge is -2.36. The number of nitrogens with one attached hydrogen (secondary N) is 1. The van der Waals surface area contributed by atoms with Crippen molar-refractivity contribution in [2.45, 2.75) is 46.5 Å². The van der Waals surface area contributed by atoms with Gasteiger partial charge >= 0.3 is 0 Å². The maximum Gasteiger partial charge on any atom is 0.227 e. The zero-order chi connectivity index (χ0) is 17.3. The first-order valence-electron chi connectivity index (χ1n) is 8.49. The van der Waals surface area contributed by atoms with Crippen LogP contribution in [-0.4, -0.2) is 44.1 Å². The normalized spacial score (nSPS) is 18.7. The third kappa shape index (κ3) is 3.47. The Balaban J connectivity index is 1.85. The molecule has 0 saturated carbocycles. The standard InChI is InChI=1S/C18H25N5O/c1-12-20-15(10-16(21-12)14-7-8-19-22-14)13-6-5-9-23(11-13)17(24)18(2,3)4/h7-8,10,13H,5-6,9,11H2,1-4H3,(H,19,22)/t13-/m1/s1. The minimum atomic E-state index is -0.343. The van der Waals surface area contributed by atoms with Gasteiger partial charge in [-0.25, -0.2) is 9.97 Å². The molecule has 0 aliphatic carbocycles. The zero-order valence-electron chi connectivity index (χ0n) is 14.8. The van der Waals surface area contributed by atoms with Crippen molar-refractivity contribution in [3.8, 4) is 11.4 Å². The number of aromatic amines is 1. The van der Waals surface area contributed by atoms with Gasteiger partial charge in [-0.05, 0) is 31.9 Å². The highest BCUT2D eigenvalue weighted by Gasteiger charge is 2.32. The molecule has 0 unspecified atom stereocenters. The van der Waals surface area contributed by atoms with E-state index >= 15 is 0 Å². The summed E-state index contributed by atoms with van der Waals surface area (Å²) >= 11 is 0. The molecule has 3 rings (SSSR count). The first kappa shape index (κ1) is 16.6. The van der Waals surface area contributed by atoms with Crippen LogP contribution in [-0.2, 0) is 4.79 Å². The molecule has 1 amide bonds. The first-order chi connectivity index (χ1) is 11.3. The minimum Gasteiger partial charge on any atom is -0.342 e. The highest BCUT2D eigenvalue weighted by molar-refractivity contribution is 5.81. The van der Waals surface area contributed by atoms with Gasteiger partial charge in [0.1, 0.15) is 5.82 Å². The molecule has 6 nitrogen and oxygen atoms in total. The van der Waals surface area contributed by atoms with Gasteiger partial charge in [-0.3, -0.25) is 9.89 Å². The summed E-state index contributed by atoms with van der Waals surface area (Å²) in [6.07, 6.45) is 3.78. The van der Waals surface area contributed by atoms with E-state index in [0.29, 0.717) is 0 Å². The summed E-state index contributed by atoms with van der Waals surface area (Å²) in [6, 6.07) is 3.93. The first-order valence-corrected chi connectivity index (χ1v) is 8.49. The molecule has 0 aromatic carbocycles. The van der Waals surface area contributed by atoms with Crippen molar-refractivity contribution in [2.24, 2.45) is 5.41 Å². The lowest BCUT2D eigenvalue weighted by atomic mass is 9.89. The van der Waals surface area contributed by atoms with Gasteiger partial charge in [0.25, 0.3) is 0 Å². The average molecular weight is 327 g/mol. The molecular formula is C18H25N5O. The van der Waals surface area contributed by atoms with E-state index in [0.717, 1.165) is 48.8 Å². The summed E-state index contributed by atoms with van der Waals surface area (Å²) in [6.45, 7) is 9.40. The minimum absolute atomic E-state index is 0.215. The van der Waals surface area contributed by atoms with Gasteiger partial charge in [-0.2, -0.15) is 5.10 Å². The Morgan fingerprint density at radius 3 is 2.79 bits per heavy atom. The number of carbonyl (C=O) groups excluding carboxylic acids is 1. The van der Waals surface area contributed by atoms with Crippen molar-refractivity contribution < 1.29 is 4.79 Å². The highest BCUT2D eigenvalue weighted by Crippen LogP contribution is 2.30. The van der Waals surface area contributed by atoms with E-state index in [4.69, 9.17) is 0 Å². The van der Waals surface area contributed by atoms with Crippen LogP contribution in [0.5, 0.6) is 0 Å². The zero-order valence-corrected chi connectivity index (χ0v) is 14.8. The second kappa shape index (κ2) is 6.34. The van der Waals surface area contributed by atoms with E-state index in [9.17, 15) is 4.79 Å². The number of aromatic nitrogens is 4. The number of likely N-dealkylation sites (tertiary alicyclic amines) is 1. The van der Waals surface area contributed by atoms with Crippen LogP contribution in [0.25, 0.3) is 11.4 Å². The topological polar surface area (TPSA) is 74.8 Å². The molecular weight excluding hydrogens is 302 g/mol. The Morgan fingerprint density at radius 2 is 2.12 bits per heavy atom. The molecule has 2 aromatic rings. The predicted molar refractivity (Wildman–Crippen MR) is 92.4 cm³/mol. The van der Waals surface area contributed by atoms with E-state index in [1.165, 1.54) is 0 Å². The summed E-state index contributed by atoms with van der Waals surface area (Å²) in [5.74, 6) is 1.22. The summed E-state index contributed by atoms with van der Waals surface area (Å²) < 4.78 is 0. The van der Waals surface area contributed by atoms with E-state index in [2.05, 4.69) is 20.2 Å². The highest BCUT2D eigenvalue weighted by atomic mass is 16.2. The lowest BCUT2D eigenvalue weighted by Crippen LogP contribution is -2.44. The number of rotatable bonds is 2. The Labute approximate surface area is 142 Å². The number of nitrogens with zero attached hydrogens (tertiary/aromatic N) is 4. The smallest absolute Gasteiger partial charge is 0.227 e. The summed E-state index contributed by atoms with van der Waals surface area (Å²) in [5.41, 5.74) is 2.41. The van der Waals surface area contributed by atoms with Crippen LogP contribution < -0.4 is 0 Å². The third-order valence-electron chi connectivity index (χ3n) is 4.40. The van der Waals surface area contributed by atoms with E-state index in [-0.39, 0.29) is 17.2 Å². The SMILES string of the molecule is Cc1nc(-c2ccn[nH]2)cc([C@@H]2CCCN(C(=O)C(C)(C)C)C2)n1. The van der Waals surface area contributed by atoms with Crippen LogP contribution in [0, 0.1) is 12.3 Å². The van der Waals surface area contributed by atoms with Gasteiger partial charge in [-0.15, -0.1) is 0 Å². The molecule has 6 heteroatoms. The number of amides is 1. The molecule has 3 heterocycles. The average Bonchev–Trinajstić information content (AvgIpc) is 3.07. The van der Waals surface area contributed by atoms with Crippen molar-refractivity contribution >= 4 is 5.91 Å². The fourth-order valence-corrected chi connectivity index (χ4v) is 3.21. The molecule has 1 aliphatic rings. The van der Waals surface area contributed by atoms with Gasteiger partial charge in [0.2, 0.25) is 5.91 Å². The maximum absolute atomic E-state index is 12.6. The molecule has 0 spiro atoms. The van der Waals surface area contributed by atoms with Crippen LogP contribution in [0.15, 0.2) is 18.3 Å². The Bertz CT molecular complexity index is 718. The van der Waals surface area contributed by atoms with Crippen LogP contribution in [0.2, 0.25) is 0 Å². The molecule has 24 heavy (non-hydrogen) atoms. The van der Waals surface area contributed by atoms with Crippen LogP contribution in [0.1, 0.15) is 51.0 Å². The molecule has 1 aliphatic heterocycles. The number of H-pyrrole nitrogens is 1. The van der Waals surface area contributed by atoms with Crippen LogP contribution in [0.3, 0.4) is 0 Å². The van der Waals surface area contributed by atoms with E-state index in [1.807, 2.05) is 44.7 Å². The van der Waals surface area contributed by atoms with Crippen molar-refractivity contribution in [1.82, 2.24) is 25.1 Å². The second-order valence-corrected chi connectivity index (χ2v) is 7.54. The molecule has 0 bridgehead atoms. The largest absolute Gasteiger partial charge is 0.342 e. The van der Waals surface area contributed by atoms with Gasteiger partial charge in [0, 0.05) is 36.3 Å². The van der Waals surface area contributed by atoms with Gasteiger partial charge in [-0.1, -0.05) is 20.8 Å². The molecule has 2 aromatic heterocycles. The Morgan fingerprint density at radius 1 is 1.33 bits per heavy atom. The molecule has 1 saturated heterocycles. The quantitative estimate of drug-likeness (QED) is 0.920. The number of hydrogen-bond donors (Lipinski definition) is 1. The lowest BCUT2D eigenvalue weighted by molar-refractivity contribution is -0.140. The Kier molecular flexibility index (Phi) is 4.39. The van der Waals surface area contributed by atoms with Crippen molar-refractivity contribution in [1.29, 1.82) is 0 Å². The summed E-state index contributed by atoms with van der Waals surface area (Å²) in [5, 5.41) is 6.95. The number of aryl methyl sites for hydroxylation is 1. The number of hydrogen-bond acceptors (Lipinski definition) is 4. The monoisotopic (exact) mass is 327 g/mol. The maximum atomic E-state index is 12.6. The number of piperidine rings is 1. The van der Waals surface area contributed by atoms with Crippen LogP contribution in [0.4, 0.5) is 0 Å². The van der Waals surface area contributed by atoms with E-state index < -0.39 is 0 Å². The fraction of sp³-hybridized carbons (Fsp3) is 0.556. The summed E-state index contributed by atoms with van der Waals surface area (Å²) in [7, 11) is 0. The summed E-state index contributed by atoms with van der Waals surface area (Å²) in [4.78, 5) is 23.7. The van der Waals surface area contributed by atoms with Crippen molar-refractivity contribution in [3.63, 3.8) is 0 Å². The van der Waals surface area contributed by atoms with Gasteiger partial charge < -0.3 is 4.90 Å². The van der Waals surface area contributed by atoms with Crippen LogP contribution >= 0.6 is 0 Å². The van der Waals surface area contributed by atoms with Gasteiger partial charge in [0.05, 0.1) is 11.4 Å². The van der Waals surface area contributed by atoms with Gasteiger partial charge in [0.15, 0.2) is 0 Å². The fourth-order valence-electron chi connectivity index (χ4n) is 3.21. The Hall–Kier alpha value is -2.24. The second-order valence-electron chi connectivity index (χ2n) is 7.54. The van der Waals surface area contributed by atoms with E-state index in [1.54, 1.807) is 6.20 Å².